The number of nitrogens with one attached hydrogen (secondary N) is 1. The van der Waals surface area contributed by atoms with Gasteiger partial charge in [-0.15, -0.1) is 0 Å². The Morgan fingerprint density at radius 1 is 1.17 bits per heavy atom. The van der Waals surface area contributed by atoms with E-state index < -0.39 is 15.6 Å². The third-order valence-corrected chi connectivity index (χ3v) is 5.08. The maximum absolute atomic E-state index is 12.1. The van der Waals surface area contributed by atoms with E-state index in [1.807, 2.05) is 45.0 Å². The highest BCUT2D eigenvalue weighted by molar-refractivity contribution is 7.88. The third-order valence-electron chi connectivity index (χ3n) is 3.55. The van der Waals surface area contributed by atoms with Crippen molar-refractivity contribution < 1.29 is 13.2 Å². The molecule has 1 aromatic rings. The molecular weight excluding hydrogens is 312 g/mol. The molecule has 130 valence electrons. The van der Waals surface area contributed by atoms with Crippen molar-refractivity contribution in [2.45, 2.75) is 52.5 Å². The van der Waals surface area contributed by atoms with Gasteiger partial charge in [-0.25, -0.2) is 8.42 Å². The lowest BCUT2D eigenvalue weighted by Crippen LogP contribution is -2.46. The van der Waals surface area contributed by atoms with Crippen LogP contribution in [0.4, 0.5) is 5.69 Å². The smallest absolute Gasteiger partial charge is 0.225 e. The third kappa shape index (κ3) is 6.31. The lowest BCUT2D eigenvalue weighted by Gasteiger charge is -2.33. The predicted molar refractivity (Wildman–Crippen MR) is 95.1 cm³/mol. The minimum atomic E-state index is -3.35. The normalized spacial score (nSPS) is 12.7. The fourth-order valence-electron chi connectivity index (χ4n) is 2.38. The molecule has 1 N–H and O–H groups in total. The first-order chi connectivity index (χ1) is 10.4. The molecule has 0 bridgehead atoms. The summed E-state index contributed by atoms with van der Waals surface area (Å²) in [7, 11) is -3.35. The topological polar surface area (TPSA) is 66.5 Å². The number of carbonyl (C=O) groups excluding carboxylic acids is 1. The summed E-state index contributed by atoms with van der Waals surface area (Å²) in [6, 6.07) is 7.70. The van der Waals surface area contributed by atoms with Crippen molar-refractivity contribution in [2.75, 3.05) is 18.1 Å². The number of sulfonamides is 1. The van der Waals surface area contributed by atoms with E-state index in [2.05, 4.69) is 19.2 Å². The molecule has 0 saturated carbocycles. The van der Waals surface area contributed by atoms with Gasteiger partial charge in [0.25, 0.3) is 0 Å². The van der Waals surface area contributed by atoms with Crippen LogP contribution in [-0.4, -0.2) is 37.0 Å². The standard InChI is InChI=1S/C17H28N2O3S/c1-13(2)14-7-9-15(10-8-14)18-16(20)11-12-19(17(3,4)5)23(6,21)22/h7-10,13H,11-12H2,1-6H3,(H,18,20). The number of hydrogen-bond donors (Lipinski definition) is 1. The maximum Gasteiger partial charge on any atom is 0.225 e. The van der Waals surface area contributed by atoms with Crippen LogP contribution in [0.5, 0.6) is 0 Å². The molecule has 0 aliphatic rings. The van der Waals surface area contributed by atoms with Gasteiger partial charge < -0.3 is 5.32 Å². The van der Waals surface area contributed by atoms with Crippen LogP contribution < -0.4 is 5.32 Å². The molecule has 0 aliphatic carbocycles. The highest BCUT2D eigenvalue weighted by atomic mass is 32.2. The van der Waals surface area contributed by atoms with Gasteiger partial charge in [0.1, 0.15) is 0 Å². The second-order valence-corrected chi connectivity index (χ2v) is 8.99. The average Bonchev–Trinajstić information content (AvgIpc) is 2.36. The Bertz CT molecular complexity index is 629. The average molecular weight is 340 g/mol. The Morgan fingerprint density at radius 2 is 1.70 bits per heavy atom. The number of benzene rings is 1. The molecule has 0 unspecified atom stereocenters. The summed E-state index contributed by atoms with van der Waals surface area (Å²) in [4.78, 5) is 12.1. The number of hydrogen-bond acceptors (Lipinski definition) is 3. The van der Waals surface area contributed by atoms with E-state index in [9.17, 15) is 13.2 Å². The molecule has 0 saturated heterocycles. The van der Waals surface area contributed by atoms with E-state index in [0.29, 0.717) is 5.92 Å². The van der Waals surface area contributed by atoms with Gasteiger partial charge in [-0.05, 0) is 44.4 Å². The van der Waals surface area contributed by atoms with Crippen LogP contribution in [0.15, 0.2) is 24.3 Å². The number of carbonyl (C=O) groups is 1. The summed E-state index contributed by atoms with van der Waals surface area (Å²) in [5.74, 6) is 0.245. The van der Waals surface area contributed by atoms with Gasteiger partial charge >= 0.3 is 0 Å². The first-order valence-corrected chi connectivity index (χ1v) is 9.63. The second kappa shape index (κ2) is 7.45. The quantitative estimate of drug-likeness (QED) is 0.865. The Hall–Kier alpha value is -1.40. The molecule has 1 rings (SSSR count). The summed E-state index contributed by atoms with van der Waals surface area (Å²) in [6.45, 7) is 9.84. The Kier molecular flexibility index (Phi) is 6.36. The maximum atomic E-state index is 12.1. The van der Waals surface area contributed by atoms with Crippen molar-refractivity contribution >= 4 is 21.6 Å². The first kappa shape index (κ1) is 19.6. The largest absolute Gasteiger partial charge is 0.326 e. The van der Waals surface area contributed by atoms with E-state index >= 15 is 0 Å². The van der Waals surface area contributed by atoms with Crippen molar-refractivity contribution in [3.63, 3.8) is 0 Å². The van der Waals surface area contributed by atoms with Crippen molar-refractivity contribution in [3.05, 3.63) is 29.8 Å². The van der Waals surface area contributed by atoms with Crippen LogP contribution in [0.3, 0.4) is 0 Å². The Labute approximate surface area is 140 Å². The zero-order valence-electron chi connectivity index (χ0n) is 14.9. The van der Waals surface area contributed by atoms with E-state index in [-0.39, 0.29) is 18.9 Å². The van der Waals surface area contributed by atoms with Crippen LogP contribution in [0.2, 0.25) is 0 Å². The molecule has 0 fully saturated rings. The second-order valence-electron chi connectivity index (χ2n) is 7.08. The monoisotopic (exact) mass is 340 g/mol. The van der Waals surface area contributed by atoms with E-state index in [4.69, 9.17) is 0 Å². The lowest BCUT2D eigenvalue weighted by atomic mass is 10.0. The Morgan fingerprint density at radius 3 is 2.09 bits per heavy atom. The fraction of sp³-hybridized carbons (Fsp3) is 0.588. The van der Waals surface area contributed by atoms with E-state index in [0.717, 1.165) is 5.69 Å². The fourth-order valence-corrected chi connectivity index (χ4v) is 3.79. The van der Waals surface area contributed by atoms with Gasteiger partial charge in [-0.2, -0.15) is 4.31 Å². The van der Waals surface area contributed by atoms with Crippen LogP contribution in [0.25, 0.3) is 0 Å². The lowest BCUT2D eigenvalue weighted by molar-refractivity contribution is -0.116. The van der Waals surface area contributed by atoms with Gasteiger partial charge in [-0.1, -0.05) is 26.0 Å². The summed E-state index contributed by atoms with van der Waals surface area (Å²) < 4.78 is 25.0. The van der Waals surface area contributed by atoms with Crippen molar-refractivity contribution in [2.24, 2.45) is 0 Å². The van der Waals surface area contributed by atoms with Crippen molar-refractivity contribution in [1.82, 2.24) is 4.31 Å². The zero-order chi connectivity index (χ0) is 17.8. The van der Waals surface area contributed by atoms with Crippen molar-refractivity contribution in [3.8, 4) is 0 Å². The molecule has 23 heavy (non-hydrogen) atoms. The summed E-state index contributed by atoms with van der Waals surface area (Å²) in [5.41, 5.74) is 1.38. The molecule has 0 aliphatic heterocycles. The minimum absolute atomic E-state index is 0.121. The number of amides is 1. The molecule has 0 radical (unpaired) electrons. The summed E-state index contributed by atoms with van der Waals surface area (Å²) in [5, 5.41) is 2.81. The summed E-state index contributed by atoms with van der Waals surface area (Å²) >= 11 is 0. The van der Waals surface area contributed by atoms with Gasteiger partial charge in [0.05, 0.1) is 6.26 Å². The van der Waals surface area contributed by atoms with Gasteiger partial charge in [-0.3, -0.25) is 4.79 Å². The number of rotatable bonds is 6. The van der Waals surface area contributed by atoms with Crippen LogP contribution in [-0.2, 0) is 14.8 Å². The summed E-state index contributed by atoms with van der Waals surface area (Å²) in [6.07, 6.45) is 1.29. The minimum Gasteiger partial charge on any atom is -0.326 e. The van der Waals surface area contributed by atoms with Gasteiger partial charge in [0.2, 0.25) is 15.9 Å². The Balaban J connectivity index is 2.66. The van der Waals surface area contributed by atoms with E-state index in [1.54, 1.807) is 0 Å². The number of anilines is 1. The molecule has 0 aromatic heterocycles. The molecule has 5 nitrogen and oxygen atoms in total. The van der Waals surface area contributed by atoms with Gasteiger partial charge in [0, 0.05) is 24.2 Å². The highest BCUT2D eigenvalue weighted by Crippen LogP contribution is 2.19. The van der Waals surface area contributed by atoms with Crippen LogP contribution in [0, 0.1) is 0 Å². The zero-order valence-corrected chi connectivity index (χ0v) is 15.7. The molecule has 1 amide bonds. The number of nitrogens with zero attached hydrogens (tertiary/aromatic N) is 1. The molecular formula is C17H28N2O3S. The van der Waals surface area contributed by atoms with Gasteiger partial charge in [0.15, 0.2) is 0 Å². The van der Waals surface area contributed by atoms with Crippen molar-refractivity contribution in [1.29, 1.82) is 0 Å². The first-order valence-electron chi connectivity index (χ1n) is 7.79. The molecule has 0 spiro atoms. The molecule has 0 heterocycles. The molecule has 6 heteroatoms. The SMILES string of the molecule is CC(C)c1ccc(NC(=O)CCN(C(C)(C)C)S(C)(=O)=O)cc1. The van der Waals surface area contributed by atoms with Crippen LogP contribution in [0.1, 0.15) is 52.5 Å². The molecule has 1 aromatic carbocycles. The van der Waals surface area contributed by atoms with Crippen LogP contribution >= 0.6 is 0 Å². The predicted octanol–water partition coefficient (Wildman–Crippen LogP) is 3.20. The van der Waals surface area contributed by atoms with E-state index in [1.165, 1.54) is 16.1 Å². The highest BCUT2D eigenvalue weighted by Gasteiger charge is 2.29. The molecule has 0 atom stereocenters.